The Hall–Kier alpha value is -4.01. The Balaban J connectivity index is 1.51. The molecule has 2 heterocycles. The highest BCUT2D eigenvalue weighted by Crippen LogP contribution is 2.34. The molecule has 2 aromatic carbocycles. The van der Waals surface area contributed by atoms with E-state index in [2.05, 4.69) is 49.2 Å². The summed E-state index contributed by atoms with van der Waals surface area (Å²) in [7, 11) is 1.45. The molecule has 0 atom stereocenters. The number of carboxylic acid groups (broad SMARTS) is 1. The molecule has 1 fully saturated rings. The third kappa shape index (κ3) is 7.34. The molecule has 0 bridgehead atoms. The van der Waals surface area contributed by atoms with Gasteiger partial charge in [0.2, 0.25) is 5.95 Å². The summed E-state index contributed by atoms with van der Waals surface area (Å²) in [5.41, 5.74) is 2.07. The van der Waals surface area contributed by atoms with Crippen LogP contribution in [0.3, 0.4) is 0 Å². The van der Waals surface area contributed by atoms with Crippen molar-refractivity contribution in [1.29, 1.82) is 0 Å². The first-order valence-electron chi connectivity index (χ1n) is 12.3. The van der Waals surface area contributed by atoms with Crippen LogP contribution in [0, 0.1) is 0 Å². The highest BCUT2D eigenvalue weighted by atomic mass is 35.5. The molecule has 40 heavy (non-hydrogen) atoms. The Bertz CT molecular complexity index is 1470. The first kappa shape index (κ1) is 29.0. The second-order valence-corrected chi connectivity index (χ2v) is 11.1. The van der Waals surface area contributed by atoms with Gasteiger partial charge in [0.05, 0.1) is 30.4 Å². The second kappa shape index (κ2) is 12.4. The van der Waals surface area contributed by atoms with E-state index in [-0.39, 0.29) is 28.2 Å². The van der Waals surface area contributed by atoms with Gasteiger partial charge in [0.25, 0.3) is 0 Å². The van der Waals surface area contributed by atoms with E-state index in [4.69, 9.17) is 21.4 Å². The zero-order valence-corrected chi connectivity index (χ0v) is 23.8. The number of rotatable bonds is 10. The average Bonchev–Trinajstić information content (AvgIpc) is 2.91. The maximum Gasteiger partial charge on any atom is 0.419 e. The Kier molecular flexibility index (Phi) is 9.02. The number of nitrogens with zero attached hydrogens (tertiary/aromatic N) is 4. The lowest BCUT2D eigenvalue weighted by atomic mass is 10.0. The van der Waals surface area contributed by atoms with Gasteiger partial charge in [-0.15, -0.1) is 0 Å². The molecule has 1 saturated heterocycles. The molecule has 0 unspecified atom stereocenters. The number of hydrogen-bond acceptors (Lipinski definition) is 10. The van der Waals surface area contributed by atoms with Gasteiger partial charge in [-0.05, 0) is 51.2 Å². The van der Waals surface area contributed by atoms with E-state index in [0.29, 0.717) is 17.5 Å². The molecule has 3 aromatic rings. The maximum absolute atomic E-state index is 12.1. The zero-order chi connectivity index (χ0) is 28.9. The van der Waals surface area contributed by atoms with Gasteiger partial charge in [0.15, 0.2) is 5.82 Å². The topological polar surface area (TPSA) is 161 Å². The minimum absolute atomic E-state index is 0.0762. The van der Waals surface area contributed by atoms with Crippen molar-refractivity contribution >= 4 is 62.4 Å². The van der Waals surface area contributed by atoms with Crippen LogP contribution in [0.5, 0.6) is 5.75 Å². The molecule has 4 rings (SSSR count). The van der Waals surface area contributed by atoms with E-state index >= 15 is 0 Å². The molecule has 1 aliphatic heterocycles. The van der Waals surface area contributed by atoms with Crippen molar-refractivity contribution in [2.24, 2.45) is 0 Å². The lowest BCUT2D eigenvalue weighted by molar-refractivity contribution is 0.201. The van der Waals surface area contributed by atoms with Crippen LogP contribution in [0.25, 0.3) is 0 Å². The highest BCUT2D eigenvalue weighted by Gasteiger charge is 2.22. The molecule has 1 aliphatic rings. The van der Waals surface area contributed by atoms with Crippen molar-refractivity contribution in [3.8, 4) is 5.75 Å². The van der Waals surface area contributed by atoms with Crippen molar-refractivity contribution in [2.45, 2.75) is 18.9 Å². The average molecular weight is 591 g/mol. The van der Waals surface area contributed by atoms with E-state index < -0.39 is 16.3 Å². The Morgan fingerprint density at radius 2 is 1.80 bits per heavy atom. The first-order valence-corrected chi connectivity index (χ1v) is 14.2. The molecule has 214 valence electrons. The van der Waals surface area contributed by atoms with E-state index in [0.717, 1.165) is 31.6 Å². The number of halogens is 1. The van der Waals surface area contributed by atoms with Crippen molar-refractivity contribution in [2.75, 3.05) is 54.6 Å². The van der Waals surface area contributed by atoms with Crippen molar-refractivity contribution in [3.05, 3.63) is 53.7 Å². The SMILES string of the molecule is COc1cc(N2CCC(N(C)C)CC2)ccc1Nc1ncc(Cl)c(Nc2ccccc2NS(=O)(=O)NC(=O)O)n1. The number of piperidine rings is 1. The number of methoxy groups -OCH3 is 1. The number of amides is 1. The van der Waals surface area contributed by atoms with Gasteiger partial charge in [-0.25, -0.2) is 14.5 Å². The quantitative estimate of drug-likeness (QED) is 0.231. The first-order chi connectivity index (χ1) is 19.0. The summed E-state index contributed by atoms with van der Waals surface area (Å²) < 4.78 is 33.3. The number of para-hydroxylation sites is 2. The van der Waals surface area contributed by atoms with E-state index in [9.17, 15) is 13.2 Å². The van der Waals surface area contributed by atoms with Gasteiger partial charge in [0.1, 0.15) is 10.8 Å². The third-order valence-electron chi connectivity index (χ3n) is 6.38. The van der Waals surface area contributed by atoms with Crippen LogP contribution in [0.2, 0.25) is 5.02 Å². The molecule has 1 amide bonds. The largest absolute Gasteiger partial charge is 0.494 e. The Labute approximate surface area is 237 Å². The zero-order valence-electron chi connectivity index (χ0n) is 22.2. The highest BCUT2D eigenvalue weighted by molar-refractivity contribution is 7.91. The van der Waals surface area contributed by atoms with Crippen LogP contribution in [-0.4, -0.2) is 74.8 Å². The van der Waals surface area contributed by atoms with Gasteiger partial charge in [0, 0.05) is 30.9 Å². The van der Waals surface area contributed by atoms with Gasteiger partial charge < -0.3 is 30.3 Å². The monoisotopic (exact) mass is 590 g/mol. The van der Waals surface area contributed by atoms with E-state index in [1.54, 1.807) is 25.3 Å². The molecule has 0 spiro atoms. The predicted molar refractivity (Wildman–Crippen MR) is 156 cm³/mol. The second-order valence-electron chi connectivity index (χ2n) is 9.26. The molecule has 15 heteroatoms. The van der Waals surface area contributed by atoms with Gasteiger partial charge in [-0.3, -0.25) is 4.72 Å². The molecule has 0 radical (unpaired) electrons. The van der Waals surface area contributed by atoms with Gasteiger partial charge >= 0.3 is 16.3 Å². The van der Waals surface area contributed by atoms with Crippen molar-refractivity contribution in [3.63, 3.8) is 0 Å². The lowest BCUT2D eigenvalue weighted by Crippen LogP contribution is -2.41. The standard InChI is InChI=1S/C25H31ClN8O5S/c1-33(2)16-10-12-34(13-11-16)17-8-9-21(22(14-17)39-3)29-24-27-15-18(26)23(30-24)28-19-6-4-5-7-20(19)31-40(37,38)32-25(35)36/h4-9,14-16,31-32H,10-13H2,1-3H3,(H,35,36)(H2,27,28,29,30). The summed E-state index contributed by atoms with van der Waals surface area (Å²) in [6, 6.07) is 12.7. The minimum atomic E-state index is -4.37. The molecule has 0 aliphatic carbocycles. The molecule has 0 saturated carbocycles. The molecule has 5 N–H and O–H groups in total. The smallest absolute Gasteiger partial charge is 0.419 e. The van der Waals surface area contributed by atoms with Crippen LogP contribution in [0.4, 0.5) is 39.3 Å². The van der Waals surface area contributed by atoms with Crippen LogP contribution in [0.15, 0.2) is 48.7 Å². The number of nitrogens with one attached hydrogen (secondary N) is 4. The molecule has 13 nitrogen and oxygen atoms in total. The predicted octanol–water partition coefficient (Wildman–Crippen LogP) is 4.08. The summed E-state index contributed by atoms with van der Waals surface area (Å²) in [5, 5.41) is 15.1. The third-order valence-corrected chi connectivity index (χ3v) is 7.59. The van der Waals surface area contributed by atoms with Crippen LogP contribution < -0.4 is 29.7 Å². The number of hydrogen-bond donors (Lipinski definition) is 5. The maximum atomic E-state index is 12.1. The van der Waals surface area contributed by atoms with Gasteiger partial charge in [-0.2, -0.15) is 13.4 Å². The summed E-state index contributed by atoms with van der Waals surface area (Å²) in [6.07, 6.45) is 1.85. The fourth-order valence-corrected chi connectivity index (χ4v) is 5.24. The van der Waals surface area contributed by atoms with E-state index in [1.165, 1.54) is 17.0 Å². The van der Waals surface area contributed by atoms with Crippen LogP contribution >= 0.6 is 11.6 Å². The number of carbonyl (C=O) groups is 1. The molecular formula is C25H31ClN8O5S. The Morgan fingerprint density at radius 3 is 2.45 bits per heavy atom. The number of ether oxygens (including phenoxy) is 1. The van der Waals surface area contributed by atoms with Crippen molar-refractivity contribution in [1.82, 2.24) is 19.6 Å². The summed E-state index contributed by atoms with van der Waals surface area (Å²) >= 11 is 6.32. The summed E-state index contributed by atoms with van der Waals surface area (Å²) in [6.45, 7) is 1.91. The normalized spacial score (nSPS) is 14.1. The minimum Gasteiger partial charge on any atom is -0.494 e. The van der Waals surface area contributed by atoms with Crippen molar-refractivity contribution < 1.29 is 23.1 Å². The number of anilines is 6. The summed E-state index contributed by atoms with van der Waals surface area (Å²) in [5.74, 6) is 1.03. The fourth-order valence-electron chi connectivity index (χ4n) is 4.35. The van der Waals surface area contributed by atoms with E-state index in [1.807, 2.05) is 18.2 Å². The van der Waals surface area contributed by atoms with Gasteiger partial charge in [-0.1, -0.05) is 23.7 Å². The summed E-state index contributed by atoms with van der Waals surface area (Å²) in [4.78, 5) is 24.1. The number of aromatic nitrogens is 2. The fraction of sp³-hybridized carbons (Fsp3) is 0.320. The van der Waals surface area contributed by atoms with Crippen LogP contribution in [0.1, 0.15) is 12.8 Å². The van der Waals surface area contributed by atoms with Crippen LogP contribution in [-0.2, 0) is 10.2 Å². The molecule has 1 aromatic heterocycles. The lowest BCUT2D eigenvalue weighted by Gasteiger charge is -2.36. The number of benzene rings is 2. The Morgan fingerprint density at radius 1 is 1.10 bits per heavy atom. The molecular weight excluding hydrogens is 560 g/mol.